The van der Waals surface area contributed by atoms with Gasteiger partial charge in [-0.3, -0.25) is 14.6 Å². The Morgan fingerprint density at radius 2 is 1.90 bits per heavy atom. The van der Waals surface area contributed by atoms with Crippen molar-refractivity contribution < 1.29 is 23.8 Å². The maximum Gasteiger partial charge on any atom is 0.307 e. The van der Waals surface area contributed by atoms with Crippen LogP contribution in [0.2, 0.25) is 0 Å². The average Bonchev–Trinajstić information content (AvgIpc) is 2.76. The SMILES string of the molecule is COC(=O)CC(NC(=O)CCSCc1ccccn1)c1ccc(OC)c(OC)c1. The molecule has 0 aliphatic rings. The van der Waals surface area contributed by atoms with E-state index in [2.05, 4.69) is 10.3 Å². The third kappa shape index (κ3) is 7.30. The number of hydrogen-bond donors (Lipinski definition) is 1. The first kappa shape index (κ1) is 22.5. The fraction of sp³-hybridized carbons (Fsp3) is 0.381. The molecule has 0 bridgehead atoms. The minimum Gasteiger partial charge on any atom is -0.493 e. The second-order valence-corrected chi connectivity index (χ2v) is 7.24. The number of rotatable bonds is 11. The fourth-order valence-electron chi connectivity index (χ4n) is 2.66. The molecule has 1 atom stereocenters. The van der Waals surface area contributed by atoms with E-state index in [0.717, 1.165) is 17.0 Å². The van der Waals surface area contributed by atoms with Gasteiger partial charge in [0.1, 0.15) is 0 Å². The number of benzene rings is 1. The summed E-state index contributed by atoms with van der Waals surface area (Å²) in [5.41, 5.74) is 1.72. The Hall–Kier alpha value is -2.74. The number of amides is 1. The third-order valence-electron chi connectivity index (χ3n) is 4.19. The number of thioether (sulfide) groups is 1. The molecule has 1 unspecified atom stereocenters. The molecule has 2 aromatic rings. The minimum atomic E-state index is -0.518. The lowest BCUT2D eigenvalue weighted by molar-refractivity contribution is -0.141. The molecule has 0 radical (unpaired) electrons. The van der Waals surface area contributed by atoms with E-state index in [4.69, 9.17) is 14.2 Å². The summed E-state index contributed by atoms with van der Waals surface area (Å²) < 4.78 is 15.3. The number of hydrogen-bond acceptors (Lipinski definition) is 7. The number of aromatic nitrogens is 1. The Kier molecular flexibility index (Phi) is 9.30. The zero-order valence-electron chi connectivity index (χ0n) is 16.8. The summed E-state index contributed by atoms with van der Waals surface area (Å²) in [6, 6.07) is 10.5. The highest BCUT2D eigenvalue weighted by molar-refractivity contribution is 7.98. The Bertz CT molecular complexity index is 801. The topological polar surface area (TPSA) is 86.8 Å². The quantitative estimate of drug-likeness (QED) is 0.443. The number of nitrogens with zero attached hydrogens (tertiary/aromatic N) is 1. The normalized spacial score (nSPS) is 11.4. The summed E-state index contributed by atoms with van der Waals surface area (Å²) in [6.07, 6.45) is 2.12. The molecule has 0 saturated carbocycles. The molecular weight excluding hydrogens is 392 g/mol. The Morgan fingerprint density at radius 3 is 2.55 bits per heavy atom. The molecule has 1 heterocycles. The number of methoxy groups -OCH3 is 3. The highest BCUT2D eigenvalue weighted by Gasteiger charge is 2.20. The maximum atomic E-state index is 12.4. The van der Waals surface area contributed by atoms with Crippen LogP contribution in [0.1, 0.15) is 30.1 Å². The van der Waals surface area contributed by atoms with Gasteiger partial charge in [0.15, 0.2) is 11.5 Å². The van der Waals surface area contributed by atoms with Gasteiger partial charge in [0, 0.05) is 24.1 Å². The van der Waals surface area contributed by atoms with Crippen molar-refractivity contribution in [2.24, 2.45) is 0 Å². The summed E-state index contributed by atoms with van der Waals surface area (Å²) in [5, 5.41) is 2.92. The predicted octanol–water partition coefficient (Wildman–Crippen LogP) is 3.14. The Labute approximate surface area is 175 Å². The van der Waals surface area contributed by atoms with E-state index < -0.39 is 12.0 Å². The van der Waals surface area contributed by atoms with E-state index in [9.17, 15) is 9.59 Å². The standard InChI is InChI=1S/C21H26N2O5S/c1-26-18-8-7-15(12-19(18)27-2)17(13-21(25)28-3)23-20(24)9-11-29-14-16-6-4-5-10-22-16/h4-8,10,12,17H,9,11,13-14H2,1-3H3,(H,23,24). The Morgan fingerprint density at radius 1 is 1.10 bits per heavy atom. The molecule has 1 aromatic heterocycles. The van der Waals surface area contributed by atoms with Gasteiger partial charge in [0.05, 0.1) is 39.5 Å². The summed E-state index contributed by atoms with van der Waals surface area (Å²) >= 11 is 1.64. The monoisotopic (exact) mass is 418 g/mol. The van der Waals surface area contributed by atoms with E-state index in [1.165, 1.54) is 14.2 Å². The summed E-state index contributed by atoms with van der Waals surface area (Å²) in [6.45, 7) is 0. The van der Waals surface area contributed by atoms with E-state index in [0.29, 0.717) is 23.7 Å². The second-order valence-electron chi connectivity index (χ2n) is 6.14. The van der Waals surface area contributed by atoms with Gasteiger partial charge in [0.2, 0.25) is 5.91 Å². The third-order valence-corrected chi connectivity index (χ3v) is 5.19. The zero-order valence-corrected chi connectivity index (χ0v) is 17.7. The molecule has 0 aliphatic carbocycles. The van der Waals surface area contributed by atoms with Crippen molar-refractivity contribution in [3.63, 3.8) is 0 Å². The molecule has 156 valence electrons. The van der Waals surface area contributed by atoms with Crippen molar-refractivity contribution in [2.45, 2.75) is 24.6 Å². The smallest absolute Gasteiger partial charge is 0.307 e. The van der Waals surface area contributed by atoms with Crippen LogP contribution in [0.3, 0.4) is 0 Å². The number of ether oxygens (including phenoxy) is 3. The zero-order chi connectivity index (χ0) is 21.1. The summed E-state index contributed by atoms with van der Waals surface area (Å²) in [4.78, 5) is 28.5. The lowest BCUT2D eigenvalue weighted by atomic mass is 10.0. The molecule has 1 amide bonds. The highest BCUT2D eigenvalue weighted by atomic mass is 32.2. The first-order valence-electron chi connectivity index (χ1n) is 9.13. The van der Waals surface area contributed by atoms with Crippen molar-refractivity contribution in [3.05, 3.63) is 53.9 Å². The molecule has 2 rings (SSSR count). The second kappa shape index (κ2) is 12.0. The molecule has 0 fully saturated rings. The van der Waals surface area contributed by atoms with Gasteiger partial charge in [-0.05, 0) is 29.8 Å². The summed E-state index contributed by atoms with van der Waals surface area (Å²) in [7, 11) is 4.41. The van der Waals surface area contributed by atoms with Crippen molar-refractivity contribution in [1.82, 2.24) is 10.3 Å². The molecule has 1 N–H and O–H groups in total. The minimum absolute atomic E-state index is 0.0266. The Balaban J connectivity index is 1.96. The van der Waals surface area contributed by atoms with Crippen LogP contribution in [-0.4, -0.2) is 43.9 Å². The van der Waals surface area contributed by atoms with Crippen LogP contribution in [0, 0.1) is 0 Å². The predicted molar refractivity (Wildman–Crippen MR) is 112 cm³/mol. The van der Waals surface area contributed by atoms with Crippen LogP contribution < -0.4 is 14.8 Å². The van der Waals surface area contributed by atoms with Gasteiger partial charge in [-0.15, -0.1) is 0 Å². The highest BCUT2D eigenvalue weighted by Crippen LogP contribution is 2.31. The first-order chi connectivity index (χ1) is 14.1. The van der Waals surface area contributed by atoms with Crippen LogP contribution in [0.5, 0.6) is 11.5 Å². The van der Waals surface area contributed by atoms with Gasteiger partial charge in [0.25, 0.3) is 0 Å². The largest absolute Gasteiger partial charge is 0.493 e. The van der Waals surface area contributed by atoms with E-state index >= 15 is 0 Å². The number of nitrogens with one attached hydrogen (secondary N) is 1. The van der Waals surface area contributed by atoms with E-state index in [-0.39, 0.29) is 12.3 Å². The molecule has 1 aromatic carbocycles. The van der Waals surface area contributed by atoms with E-state index in [1.54, 1.807) is 43.3 Å². The molecule has 0 saturated heterocycles. The van der Waals surface area contributed by atoms with Gasteiger partial charge in [-0.2, -0.15) is 11.8 Å². The van der Waals surface area contributed by atoms with Crippen molar-refractivity contribution in [2.75, 3.05) is 27.1 Å². The van der Waals surface area contributed by atoms with Crippen LogP contribution in [0.25, 0.3) is 0 Å². The number of pyridine rings is 1. The molecule has 0 spiro atoms. The van der Waals surface area contributed by atoms with Gasteiger partial charge in [-0.1, -0.05) is 12.1 Å². The van der Waals surface area contributed by atoms with Gasteiger partial charge in [-0.25, -0.2) is 0 Å². The lowest BCUT2D eigenvalue weighted by Crippen LogP contribution is -2.30. The van der Waals surface area contributed by atoms with Crippen molar-refractivity contribution in [3.8, 4) is 11.5 Å². The molecular formula is C21H26N2O5S. The first-order valence-corrected chi connectivity index (χ1v) is 10.3. The molecule has 29 heavy (non-hydrogen) atoms. The number of carbonyl (C=O) groups excluding carboxylic acids is 2. The fourth-order valence-corrected chi connectivity index (χ4v) is 3.52. The number of carbonyl (C=O) groups is 2. The molecule has 8 heteroatoms. The lowest BCUT2D eigenvalue weighted by Gasteiger charge is -2.19. The van der Waals surface area contributed by atoms with Crippen molar-refractivity contribution in [1.29, 1.82) is 0 Å². The van der Waals surface area contributed by atoms with Crippen LogP contribution in [0.15, 0.2) is 42.6 Å². The van der Waals surface area contributed by atoms with Crippen LogP contribution in [-0.2, 0) is 20.1 Å². The maximum absolute atomic E-state index is 12.4. The molecule has 7 nitrogen and oxygen atoms in total. The van der Waals surface area contributed by atoms with Crippen molar-refractivity contribution >= 4 is 23.6 Å². The number of esters is 1. The van der Waals surface area contributed by atoms with E-state index in [1.807, 2.05) is 18.2 Å². The van der Waals surface area contributed by atoms with Crippen LogP contribution in [0.4, 0.5) is 0 Å². The van der Waals surface area contributed by atoms with Crippen LogP contribution >= 0.6 is 11.8 Å². The molecule has 0 aliphatic heterocycles. The summed E-state index contributed by atoms with van der Waals surface area (Å²) in [5.74, 6) is 1.96. The average molecular weight is 419 g/mol. The van der Waals surface area contributed by atoms with Gasteiger partial charge >= 0.3 is 5.97 Å². The van der Waals surface area contributed by atoms with Gasteiger partial charge < -0.3 is 19.5 Å².